The van der Waals surface area contributed by atoms with Crippen molar-refractivity contribution in [1.82, 2.24) is 4.90 Å². The van der Waals surface area contributed by atoms with Crippen molar-refractivity contribution in [3.8, 4) is 0 Å². The van der Waals surface area contributed by atoms with E-state index in [4.69, 9.17) is 9.47 Å². The molecule has 0 fully saturated rings. The van der Waals surface area contributed by atoms with Crippen molar-refractivity contribution >= 4 is 0 Å². The van der Waals surface area contributed by atoms with Gasteiger partial charge in [0.15, 0.2) is 0 Å². The third-order valence-corrected chi connectivity index (χ3v) is 2.33. The van der Waals surface area contributed by atoms with Gasteiger partial charge in [0, 0.05) is 26.3 Å². The molecule has 0 bridgehead atoms. The first-order chi connectivity index (χ1) is 6.54. The summed E-state index contributed by atoms with van der Waals surface area (Å²) < 4.78 is 10.4. The van der Waals surface area contributed by atoms with E-state index in [0.717, 1.165) is 13.2 Å². The van der Waals surface area contributed by atoms with Crippen LogP contribution in [0.3, 0.4) is 0 Å². The molecule has 0 atom stereocenters. The first-order valence-electron chi connectivity index (χ1n) is 5.29. The minimum absolute atomic E-state index is 0.352. The topological polar surface area (TPSA) is 21.7 Å². The van der Waals surface area contributed by atoms with Gasteiger partial charge in [0.2, 0.25) is 0 Å². The van der Waals surface area contributed by atoms with Gasteiger partial charge in [-0.25, -0.2) is 0 Å². The quantitative estimate of drug-likeness (QED) is 0.629. The molecule has 0 aliphatic heterocycles. The number of hydrogen-bond acceptors (Lipinski definition) is 3. The first kappa shape index (κ1) is 13.9. The highest BCUT2D eigenvalue weighted by molar-refractivity contribution is 4.77. The third-order valence-electron chi connectivity index (χ3n) is 2.33. The van der Waals surface area contributed by atoms with Gasteiger partial charge in [-0.15, -0.1) is 0 Å². The third kappa shape index (κ3) is 4.40. The van der Waals surface area contributed by atoms with E-state index in [0.29, 0.717) is 18.1 Å². The van der Waals surface area contributed by atoms with Crippen LogP contribution in [-0.2, 0) is 9.47 Å². The van der Waals surface area contributed by atoms with Gasteiger partial charge in [0.25, 0.3) is 0 Å². The van der Waals surface area contributed by atoms with E-state index in [-0.39, 0.29) is 0 Å². The maximum Gasteiger partial charge on any atom is 0.0640 e. The maximum absolute atomic E-state index is 5.22. The molecule has 0 aromatic carbocycles. The average Bonchev–Trinajstić information content (AvgIpc) is 2.03. The highest BCUT2D eigenvalue weighted by atomic mass is 16.5. The number of ether oxygens (including phenoxy) is 2. The van der Waals surface area contributed by atoms with Gasteiger partial charge in [-0.3, -0.25) is 4.90 Å². The molecule has 0 aliphatic carbocycles. The standard InChI is InChI=1S/C11H25NO2/c1-9(2)12(10(3)4)11(7-13-5)8-14-6/h9-11H,7-8H2,1-6H3. The molecule has 0 saturated heterocycles. The van der Waals surface area contributed by atoms with Crippen molar-refractivity contribution in [2.24, 2.45) is 0 Å². The van der Waals surface area contributed by atoms with E-state index < -0.39 is 0 Å². The Balaban J connectivity index is 4.37. The predicted octanol–water partition coefficient (Wildman–Crippen LogP) is 1.77. The van der Waals surface area contributed by atoms with Crippen molar-refractivity contribution in [3.63, 3.8) is 0 Å². The molecule has 0 saturated carbocycles. The van der Waals surface area contributed by atoms with Crippen molar-refractivity contribution in [1.29, 1.82) is 0 Å². The lowest BCUT2D eigenvalue weighted by Crippen LogP contribution is -2.49. The second-order valence-electron chi connectivity index (χ2n) is 4.20. The van der Waals surface area contributed by atoms with Crippen LogP contribution < -0.4 is 0 Å². The summed E-state index contributed by atoms with van der Waals surface area (Å²) >= 11 is 0. The van der Waals surface area contributed by atoms with Crippen LogP contribution in [0.25, 0.3) is 0 Å². The van der Waals surface area contributed by atoms with E-state index in [1.54, 1.807) is 14.2 Å². The van der Waals surface area contributed by atoms with E-state index in [1.165, 1.54) is 0 Å². The molecule has 0 aliphatic rings. The van der Waals surface area contributed by atoms with Crippen molar-refractivity contribution < 1.29 is 9.47 Å². The van der Waals surface area contributed by atoms with Crippen LogP contribution in [0.15, 0.2) is 0 Å². The fourth-order valence-corrected chi connectivity index (χ4v) is 2.04. The van der Waals surface area contributed by atoms with Gasteiger partial charge < -0.3 is 9.47 Å². The molecule has 14 heavy (non-hydrogen) atoms. The Morgan fingerprint density at radius 3 is 1.43 bits per heavy atom. The molecule has 0 amide bonds. The molecule has 0 unspecified atom stereocenters. The Bertz CT molecular complexity index is 123. The molecule has 3 heteroatoms. The molecule has 3 nitrogen and oxygen atoms in total. The Hall–Kier alpha value is -0.120. The lowest BCUT2D eigenvalue weighted by molar-refractivity contribution is 0.00448. The van der Waals surface area contributed by atoms with Crippen LogP contribution in [0.2, 0.25) is 0 Å². The second-order valence-corrected chi connectivity index (χ2v) is 4.20. The highest BCUT2D eigenvalue weighted by Crippen LogP contribution is 2.11. The van der Waals surface area contributed by atoms with Gasteiger partial charge in [-0.1, -0.05) is 0 Å². The lowest BCUT2D eigenvalue weighted by Gasteiger charge is -2.37. The zero-order valence-electron chi connectivity index (χ0n) is 10.4. The highest BCUT2D eigenvalue weighted by Gasteiger charge is 2.23. The number of rotatable bonds is 7. The Kier molecular flexibility index (Phi) is 7.15. The van der Waals surface area contributed by atoms with Gasteiger partial charge >= 0.3 is 0 Å². The summed E-state index contributed by atoms with van der Waals surface area (Å²) in [6, 6.07) is 1.39. The lowest BCUT2D eigenvalue weighted by atomic mass is 10.1. The zero-order chi connectivity index (χ0) is 11.1. The molecule has 0 aromatic heterocycles. The minimum Gasteiger partial charge on any atom is -0.383 e. The zero-order valence-corrected chi connectivity index (χ0v) is 10.4. The number of methoxy groups -OCH3 is 2. The molecular weight excluding hydrogens is 178 g/mol. The van der Waals surface area contributed by atoms with Crippen LogP contribution in [0, 0.1) is 0 Å². The SMILES string of the molecule is COCC(COC)N(C(C)C)C(C)C. The molecule has 0 aromatic rings. The van der Waals surface area contributed by atoms with Crippen LogP contribution >= 0.6 is 0 Å². The van der Waals surface area contributed by atoms with E-state index in [9.17, 15) is 0 Å². The normalized spacial score (nSPS) is 12.4. The van der Waals surface area contributed by atoms with Gasteiger partial charge in [0.05, 0.1) is 19.3 Å². The average molecular weight is 203 g/mol. The van der Waals surface area contributed by atoms with E-state index in [1.807, 2.05) is 0 Å². The fourth-order valence-electron chi connectivity index (χ4n) is 2.04. The summed E-state index contributed by atoms with van der Waals surface area (Å²) in [6.07, 6.45) is 0. The van der Waals surface area contributed by atoms with E-state index in [2.05, 4.69) is 32.6 Å². The smallest absolute Gasteiger partial charge is 0.0640 e. The van der Waals surface area contributed by atoms with Gasteiger partial charge in [0.1, 0.15) is 0 Å². The maximum atomic E-state index is 5.22. The Labute approximate surface area is 88.4 Å². The summed E-state index contributed by atoms with van der Waals surface area (Å²) in [6.45, 7) is 10.3. The van der Waals surface area contributed by atoms with Crippen LogP contribution in [0.5, 0.6) is 0 Å². The van der Waals surface area contributed by atoms with Gasteiger partial charge in [-0.2, -0.15) is 0 Å². The van der Waals surface area contributed by atoms with Crippen molar-refractivity contribution in [3.05, 3.63) is 0 Å². The Morgan fingerprint density at radius 1 is 0.857 bits per heavy atom. The van der Waals surface area contributed by atoms with Crippen LogP contribution in [0.1, 0.15) is 27.7 Å². The molecule has 0 rings (SSSR count). The summed E-state index contributed by atoms with van der Waals surface area (Å²) in [4.78, 5) is 2.42. The number of nitrogens with zero attached hydrogens (tertiary/aromatic N) is 1. The molecule has 0 radical (unpaired) electrons. The summed E-state index contributed by atoms with van der Waals surface area (Å²) in [5.41, 5.74) is 0. The summed E-state index contributed by atoms with van der Waals surface area (Å²) in [5.74, 6) is 0. The number of hydrogen-bond donors (Lipinski definition) is 0. The predicted molar refractivity (Wildman–Crippen MR) is 59.7 cm³/mol. The largest absolute Gasteiger partial charge is 0.383 e. The molecule has 86 valence electrons. The van der Waals surface area contributed by atoms with Crippen molar-refractivity contribution in [2.75, 3.05) is 27.4 Å². The monoisotopic (exact) mass is 203 g/mol. The molecule has 0 spiro atoms. The molecule has 0 heterocycles. The van der Waals surface area contributed by atoms with Crippen molar-refractivity contribution in [2.45, 2.75) is 45.8 Å². The van der Waals surface area contributed by atoms with E-state index >= 15 is 0 Å². The summed E-state index contributed by atoms with van der Waals surface area (Å²) in [7, 11) is 3.48. The Morgan fingerprint density at radius 2 is 1.21 bits per heavy atom. The summed E-state index contributed by atoms with van der Waals surface area (Å²) in [5, 5.41) is 0. The first-order valence-corrected chi connectivity index (χ1v) is 5.29. The fraction of sp³-hybridized carbons (Fsp3) is 1.00. The van der Waals surface area contributed by atoms with Crippen LogP contribution in [0.4, 0.5) is 0 Å². The van der Waals surface area contributed by atoms with Crippen LogP contribution in [-0.4, -0.2) is 50.5 Å². The molecular formula is C11H25NO2. The minimum atomic E-state index is 0.352. The second kappa shape index (κ2) is 7.21. The van der Waals surface area contributed by atoms with Gasteiger partial charge in [-0.05, 0) is 27.7 Å². The molecule has 0 N–H and O–H groups in total.